The molecule has 2 aromatic carbocycles. The molecule has 2 aromatic rings. The molecule has 0 saturated heterocycles. The summed E-state index contributed by atoms with van der Waals surface area (Å²) in [4.78, 5) is 17.6. The highest BCUT2D eigenvalue weighted by atomic mass is 79.9. The number of benzene rings is 2. The van der Waals surface area contributed by atoms with Gasteiger partial charge in [0.15, 0.2) is 0 Å². The van der Waals surface area contributed by atoms with Crippen LogP contribution in [0.4, 0.5) is 0 Å². The van der Waals surface area contributed by atoms with Gasteiger partial charge in [-0.3, -0.25) is 15.1 Å². The fraction of sp³-hybridized carbons (Fsp3) is 0.118. The van der Waals surface area contributed by atoms with Gasteiger partial charge in [0.25, 0.3) is 5.91 Å². The lowest BCUT2D eigenvalue weighted by Gasteiger charge is -2.10. The Morgan fingerprint density at radius 3 is 2.64 bits per heavy atom. The largest absolute Gasteiger partial charge is 0.349 e. The lowest BCUT2D eigenvalue weighted by molar-refractivity contribution is 0.0498. The van der Waals surface area contributed by atoms with E-state index in [0.717, 1.165) is 15.7 Å². The average molecular weight is 359 g/mol. The average Bonchev–Trinajstić information content (AvgIpc) is 3.03. The Hall–Kier alpha value is -2.11. The number of rotatable bonds is 4. The molecule has 0 saturated carbocycles. The molecule has 0 spiro atoms. The molecule has 0 radical (unpaired) electrons. The van der Waals surface area contributed by atoms with Crippen LogP contribution in [0.5, 0.6) is 0 Å². The maximum atomic E-state index is 12.1. The van der Waals surface area contributed by atoms with Crippen molar-refractivity contribution >= 4 is 27.5 Å². The Morgan fingerprint density at radius 1 is 1.14 bits per heavy atom. The van der Waals surface area contributed by atoms with Crippen molar-refractivity contribution < 1.29 is 9.63 Å². The molecule has 0 aliphatic carbocycles. The van der Waals surface area contributed by atoms with Crippen LogP contribution in [0.3, 0.4) is 0 Å². The molecule has 1 amide bonds. The van der Waals surface area contributed by atoms with E-state index in [2.05, 4.69) is 26.7 Å². The molecule has 0 fully saturated rings. The standard InChI is InChI=1S/C17H15BrN2O2/c18-15-9-5-4-8-14(15)17(21)19-11-13-10-16(20-22-13)12-6-2-1-3-7-12/h1-10,13,20H,11H2,(H,19,21)/t13-/m0/s1. The van der Waals surface area contributed by atoms with E-state index in [9.17, 15) is 4.79 Å². The lowest BCUT2D eigenvalue weighted by Crippen LogP contribution is -2.32. The molecule has 5 heteroatoms. The van der Waals surface area contributed by atoms with Crippen LogP contribution in [0.2, 0.25) is 0 Å². The summed E-state index contributed by atoms with van der Waals surface area (Å²) in [7, 11) is 0. The van der Waals surface area contributed by atoms with Crippen molar-refractivity contribution in [2.24, 2.45) is 0 Å². The summed E-state index contributed by atoms with van der Waals surface area (Å²) in [5, 5.41) is 2.88. The first-order valence-electron chi connectivity index (χ1n) is 6.95. The fourth-order valence-corrected chi connectivity index (χ4v) is 2.67. The summed E-state index contributed by atoms with van der Waals surface area (Å²) in [6, 6.07) is 17.2. The third-order valence-corrected chi connectivity index (χ3v) is 4.03. The smallest absolute Gasteiger partial charge is 0.252 e. The van der Waals surface area contributed by atoms with Crippen molar-refractivity contribution in [1.82, 2.24) is 10.8 Å². The van der Waals surface area contributed by atoms with Gasteiger partial charge in [-0.1, -0.05) is 42.5 Å². The minimum Gasteiger partial charge on any atom is -0.349 e. The zero-order valence-electron chi connectivity index (χ0n) is 11.8. The molecule has 2 N–H and O–H groups in total. The monoisotopic (exact) mass is 358 g/mol. The van der Waals surface area contributed by atoms with Gasteiger partial charge in [0.1, 0.15) is 6.10 Å². The first kappa shape index (κ1) is 14.8. The zero-order chi connectivity index (χ0) is 15.4. The van der Waals surface area contributed by atoms with Crippen LogP contribution in [0.1, 0.15) is 15.9 Å². The van der Waals surface area contributed by atoms with E-state index >= 15 is 0 Å². The maximum Gasteiger partial charge on any atom is 0.252 e. The van der Waals surface area contributed by atoms with Crippen molar-refractivity contribution in [2.45, 2.75) is 6.10 Å². The summed E-state index contributed by atoms with van der Waals surface area (Å²) in [5.74, 6) is -0.127. The summed E-state index contributed by atoms with van der Waals surface area (Å²) in [5.41, 5.74) is 5.49. The van der Waals surface area contributed by atoms with Crippen LogP contribution in [0, 0.1) is 0 Å². The van der Waals surface area contributed by atoms with Gasteiger partial charge in [0, 0.05) is 4.47 Å². The molecular formula is C17H15BrN2O2. The Bertz CT molecular complexity index is 701. The highest BCUT2D eigenvalue weighted by Gasteiger charge is 2.18. The summed E-state index contributed by atoms with van der Waals surface area (Å²) in [6.45, 7) is 0.406. The highest BCUT2D eigenvalue weighted by molar-refractivity contribution is 9.10. The topological polar surface area (TPSA) is 50.4 Å². The number of hydrogen-bond donors (Lipinski definition) is 2. The number of carbonyl (C=O) groups is 1. The van der Waals surface area contributed by atoms with E-state index in [1.54, 1.807) is 6.07 Å². The van der Waals surface area contributed by atoms with Gasteiger partial charge in [-0.2, -0.15) is 0 Å². The number of hydrogen-bond acceptors (Lipinski definition) is 3. The van der Waals surface area contributed by atoms with Crippen LogP contribution in [0.25, 0.3) is 5.70 Å². The third kappa shape index (κ3) is 3.37. The molecule has 1 heterocycles. The second-order valence-electron chi connectivity index (χ2n) is 4.89. The number of amides is 1. The van der Waals surface area contributed by atoms with E-state index in [-0.39, 0.29) is 12.0 Å². The van der Waals surface area contributed by atoms with Crippen molar-refractivity contribution in [3.05, 3.63) is 76.3 Å². The normalized spacial score (nSPS) is 16.8. The van der Waals surface area contributed by atoms with Crippen LogP contribution in [0.15, 0.2) is 65.1 Å². The van der Waals surface area contributed by atoms with Crippen LogP contribution in [-0.4, -0.2) is 18.6 Å². The van der Waals surface area contributed by atoms with E-state index < -0.39 is 0 Å². The van der Waals surface area contributed by atoms with Crippen molar-refractivity contribution in [2.75, 3.05) is 6.54 Å². The van der Waals surface area contributed by atoms with E-state index in [1.165, 1.54) is 0 Å². The number of nitrogens with one attached hydrogen (secondary N) is 2. The highest BCUT2D eigenvalue weighted by Crippen LogP contribution is 2.18. The van der Waals surface area contributed by atoms with Gasteiger partial charge >= 0.3 is 0 Å². The van der Waals surface area contributed by atoms with Gasteiger partial charge in [-0.15, -0.1) is 0 Å². The van der Waals surface area contributed by atoms with Gasteiger partial charge < -0.3 is 5.32 Å². The molecule has 0 bridgehead atoms. The fourth-order valence-electron chi connectivity index (χ4n) is 2.20. The Balaban J connectivity index is 1.60. The second-order valence-corrected chi connectivity index (χ2v) is 5.75. The molecule has 3 rings (SSSR count). The van der Waals surface area contributed by atoms with Gasteiger partial charge in [-0.25, -0.2) is 0 Å². The number of hydroxylamine groups is 1. The predicted molar refractivity (Wildman–Crippen MR) is 88.9 cm³/mol. The Kier molecular flexibility index (Phi) is 4.56. The lowest BCUT2D eigenvalue weighted by atomic mass is 10.1. The number of halogens is 1. The predicted octanol–water partition coefficient (Wildman–Crippen LogP) is 3.12. The van der Waals surface area contributed by atoms with Crippen LogP contribution >= 0.6 is 15.9 Å². The molecule has 1 aliphatic heterocycles. The molecule has 1 aliphatic rings. The molecule has 1 atom stereocenters. The molecule has 4 nitrogen and oxygen atoms in total. The second kappa shape index (κ2) is 6.77. The minimum absolute atomic E-state index is 0.127. The van der Waals surface area contributed by atoms with Crippen LogP contribution in [-0.2, 0) is 4.84 Å². The van der Waals surface area contributed by atoms with E-state index in [4.69, 9.17) is 4.84 Å². The number of carbonyl (C=O) groups excluding carboxylic acids is 1. The SMILES string of the molecule is O=C(NC[C@@H]1C=C(c2ccccc2)NO1)c1ccccc1Br. The summed E-state index contributed by atoms with van der Waals surface area (Å²) in [6.07, 6.45) is 1.77. The van der Waals surface area contributed by atoms with Crippen molar-refractivity contribution in [3.63, 3.8) is 0 Å². The Labute approximate surface area is 137 Å². The van der Waals surface area contributed by atoms with Crippen molar-refractivity contribution in [3.8, 4) is 0 Å². The first-order valence-corrected chi connectivity index (χ1v) is 7.75. The molecule has 0 aromatic heterocycles. The maximum absolute atomic E-state index is 12.1. The van der Waals surface area contributed by atoms with E-state index in [1.807, 2.05) is 54.6 Å². The molecule has 22 heavy (non-hydrogen) atoms. The molecular weight excluding hydrogens is 344 g/mol. The Morgan fingerprint density at radius 2 is 1.86 bits per heavy atom. The molecule has 112 valence electrons. The zero-order valence-corrected chi connectivity index (χ0v) is 13.3. The summed E-state index contributed by atoms with van der Waals surface area (Å²) >= 11 is 3.37. The third-order valence-electron chi connectivity index (χ3n) is 3.34. The van der Waals surface area contributed by atoms with Gasteiger partial charge in [-0.05, 0) is 39.7 Å². The molecule has 0 unspecified atom stereocenters. The minimum atomic E-state index is -0.193. The van der Waals surface area contributed by atoms with Crippen LogP contribution < -0.4 is 10.8 Å². The van der Waals surface area contributed by atoms with E-state index in [0.29, 0.717) is 12.1 Å². The summed E-state index contributed by atoms with van der Waals surface area (Å²) < 4.78 is 0.776. The quantitative estimate of drug-likeness (QED) is 0.882. The van der Waals surface area contributed by atoms with Gasteiger partial charge in [0.2, 0.25) is 0 Å². The van der Waals surface area contributed by atoms with Crippen molar-refractivity contribution in [1.29, 1.82) is 0 Å². The first-order chi connectivity index (χ1) is 10.7. The van der Waals surface area contributed by atoms with Gasteiger partial charge in [0.05, 0.1) is 17.8 Å².